The zero-order valence-electron chi connectivity index (χ0n) is 13.9. The number of rotatable bonds is 3. The van der Waals surface area contributed by atoms with Crippen LogP contribution < -0.4 is 5.56 Å². The van der Waals surface area contributed by atoms with Crippen molar-refractivity contribution in [1.82, 2.24) is 20.1 Å². The van der Waals surface area contributed by atoms with Crippen LogP contribution in [0.25, 0.3) is 10.8 Å². The Hall–Kier alpha value is -2.40. The van der Waals surface area contributed by atoms with Crippen molar-refractivity contribution in [2.75, 3.05) is 6.54 Å². The van der Waals surface area contributed by atoms with Gasteiger partial charge in [-0.2, -0.15) is 5.10 Å². The maximum absolute atomic E-state index is 12.3. The van der Waals surface area contributed by atoms with E-state index in [1.54, 1.807) is 0 Å². The van der Waals surface area contributed by atoms with Crippen LogP contribution in [-0.2, 0) is 6.54 Å². The molecule has 1 aliphatic rings. The number of fused-ring (bicyclic) bond motifs is 1. The SMILES string of the molecule is Cc1cc(C2CCCCN2Cc2cc3ccccc3c(=O)[nH]2)n[nH]1. The number of aryl methyl sites for hydroxylation is 1. The maximum Gasteiger partial charge on any atom is 0.256 e. The maximum atomic E-state index is 12.3. The molecule has 0 saturated carbocycles. The molecule has 1 atom stereocenters. The van der Waals surface area contributed by atoms with Crippen LogP contribution >= 0.6 is 0 Å². The van der Waals surface area contributed by atoms with Crippen molar-refractivity contribution >= 4 is 10.8 Å². The predicted octanol–water partition coefficient (Wildman–Crippen LogP) is 3.29. The Morgan fingerprint density at radius 2 is 2.12 bits per heavy atom. The molecule has 3 aromatic rings. The van der Waals surface area contributed by atoms with Gasteiger partial charge in [0.15, 0.2) is 0 Å². The lowest BCUT2D eigenvalue weighted by Crippen LogP contribution is -2.34. The highest BCUT2D eigenvalue weighted by Crippen LogP contribution is 2.31. The number of piperidine rings is 1. The van der Waals surface area contributed by atoms with Gasteiger partial charge in [0.2, 0.25) is 0 Å². The number of hydrogen-bond donors (Lipinski definition) is 2. The highest BCUT2D eigenvalue weighted by molar-refractivity contribution is 5.81. The van der Waals surface area contributed by atoms with Crippen molar-refractivity contribution < 1.29 is 0 Å². The molecule has 1 aromatic carbocycles. The van der Waals surface area contributed by atoms with Crippen LogP contribution in [0, 0.1) is 6.92 Å². The summed E-state index contributed by atoms with van der Waals surface area (Å²) in [5, 5.41) is 9.26. The van der Waals surface area contributed by atoms with E-state index in [-0.39, 0.29) is 5.56 Å². The predicted molar refractivity (Wildman–Crippen MR) is 94.9 cm³/mol. The van der Waals surface area contributed by atoms with Crippen LogP contribution in [0.4, 0.5) is 0 Å². The van der Waals surface area contributed by atoms with Crippen LogP contribution in [0.1, 0.15) is 42.4 Å². The van der Waals surface area contributed by atoms with Crippen molar-refractivity contribution in [3.05, 3.63) is 63.8 Å². The van der Waals surface area contributed by atoms with E-state index in [1.165, 1.54) is 12.8 Å². The number of pyridine rings is 1. The number of aromatic nitrogens is 3. The van der Waals surface area contributed by atoms with Crippen molar-refractivity contribution in [2.45, 2.75) is 38.8 Å². The van der Waals surface area contributed by atoms with Crippen LogP contribution in [0.3, 0.4) is 0 Å². The van der Waals surface area contributed by atoms with Crippen LogP contribution in [0.2, 0.25) is 0 Å². The number of H-pyrrole nitrogens is 2. The Balaban J connectivity index is 1.64. The van der Waals surface area contributed by atoms with Gasteiger partial charge in [-0.3, -0.25) is 14.8 Å². The lowest BCUT2D eigenvalue weighted by atomic mass is 9.98. The molecule has 5 nitrogen and oxygen atoms in total. The van der Waals surface area contributed by atoms with Gasteiger partial charge in [0.25, 0.3) is 5.56 Å². The molecule has 0 aliphatic carbocycles. The summed E-state index contributed by atoms with van der Waals surface area (Å²) in [6, 6.07) is 12.3. The highest BCUT2D eigenvalue weighted by Gasteiger charge is 2.26. The van der Waals surface area contributed by atoms with Gasteiger partial charge in [0.05, 0.1) is 11.7 Å². The van der Waals surface area contributed by atoms with E-state index in [1.807, 2.05) is 31.2 Å². The third-order valence-corrected chi connectivity index (χ3v) is 4.86. The first kappa shape index (κ1) is 15.1. The fraction of sp³-hybridized carbons (Fsp3) is 0.368. The zero-order chi connectivity index (χ0) is 16.5. The van der Waals surface area contributed by atoms with E-state index in [0.717, 1.165) is 47.4 Å². The molecular formula is C19H22N4O. The molecule has 1 aliphatic heterocycles. The molecular weight excluding hydrogens is 300 g/mol. The van der Waals surface area contributed by atoms with Gasteiger partial charge >= 0.3 is 0 Å². The largest absolute Gasteiger partial charge is 0.324 e. The summed E-state index contributed by atoms with van der Waals surface area (Å²) in [6.45, 7) is 3.81. The topological polar surface area (TPSA) is 64.8 Å². The lowest BCUT2D eigenvalue weighted by Gasteiger charge is -2.34. The number of nitrogens with one attached hydrogen (secondary N) is 2. The van der Waals surface area contributed by atoms with Crippen molar-refractivity contribution in [1.29, 1.82) is 0 Å². The minimum absolute atomic E-state index is 0.00715. The number of hydrogen-bond acceptors (Lipinski definition) is 3. The summed E-state index contributed by atoms with van der Waals surface area (Å²) in [5.74, 6) is 0. The Morgan fingerprint density at radius 3 is 2.96 bits per heavy atom. The molecule has 1 saturated heterocycles. The van der Waals surface area contributed by atoms with Gasteiger partial charge in [0.1, 0.15) is 0 Å². The summed E-state index contributed by atoms with van der Waals surface area (Å²) in [6.07, 6.45) is 3.53. The molecule has 0 radical (unpaired) electrons. The summed E-state index contributed by atoms with van der Waals surface area (Å²) < 4.78 is 0. The van der Waals surface area contributed by atoms with Crippen molar-refractivity contribution in [3.8, 4) is 0 Å². The van der Waals surface area contributed by atoms with E-state index in [0.29, 0.717) is 6.04 Å². The molecule has 1 fully saturated rings. The molecule has 124 valence electrons. The fourth-order valence-corrected chi connectivity index (χ4v) is 3.70. The Bertz CT molecular complexity index is 911. The molecule has 3 heterocycles. The van der Waals surface area contributed by atoms with E-state index in [9.17, 15) is 4.79 Å². The molecule has 1 unspecified atom stereocenters. The van der Waals surface area contributed by atoms with E-state index < -0.39 is 0 Å². The first-order chi connectivity index (χ1) is 11.7. The van der Waals surface area contributed by atoms with Gasteiger partial charge in [0, 0.05) is 23.3 Å². The number of nitrogens with zero attached hydrogens (tertiary/aromatic N) is 2. The minimum Gasteiger partial charge on any atom is -0.324 e. The fourth-order valence-electron chi connectivity index (χ4n) is 3.70. The lowest BCUT2D eigenvalue weighted by molar-refractivity contribution is 0.135. The number of benzene rings is 1. The summed E-state index contributed by atoms with van der Waals surface area (Å²) in [5.41, 5.74) is 3.16. The van der Waals surface area contributed by atoms with Crippen LogP contribution in [-0.4, -0.2) is 26.6 Å². The Kier molecular flexibility index (Phi) is 3.94. The molecule has 0 bridgehead atoms. The molecule has 0 amide bonds. The number of aromatic amines is 2. The number of likely N-dealkylation sites (tertiary alicyclic amines) is 1. The normalized spacial score (nSPS) is 19.0. The van der Waals surface area contributed by atoms with E-state index >= 15 is 0 Å². The molecule has 5 heteroatoms. The quantitative estimate of drug-likeness (QED) is 0.778. The second-order valence-electron chi connectivity index (χ2n) is 6.67. The van der Waals surface area contributed by atoms with Gasteiger partial charge in [-0.1, -0.05) is 24.6 Å². The first-order valence-electron chi connectivity index (χ1n) is 8.57. The average Bonchev–Trinajstić information content (AvgIpc) is 3.02. The third kappa shape index (κ3) is 2.87. The van der Waals surface area contributed by atoms with Gasteiger partial charge in [-0.25, -0.2) is 0 Å². The highest BCUT2D eigenvalue weighted by atomic mass is 16.1. The average molecular weight is 322 g/mol. The molecule has 4 rings (SSSR count). The van der Waals surface area contributed by atoms with Gasteiger partial charge in [-0.05, 0) is 49.9 Å². The third-order valence-electron chi connectivity index (χ3n) is 4.86. The molecule has 0 spiro atoms. The van der Waals surface area contributed by atoms with Crippen LogP contribution in [0.15, 0.2) is 41.2 Å². The minimum atomic E-state index is -0.00715. The molecule has 24 heavy (non-hydrogen) atoms. The monoisotopic (exact) mass is 322 g/mol. The van der Waals surface area contributed by atoms with Gasteiger partial charge < -0.3 is 4.98 Å². The standard InChI is InChI=1S/C19H22N4O/c1-13-10-17(22-21-13)18-8-4-5-9-23(18)12-15-11-14-6-2-3-7-16(14)19(24)20-15/h2-3,6-7,10-11,18H,4-5,8-9,12H2,1H3,(H,20,24)(H,21,22). The summed E-state index contributed by atoms with van der Waals surface area (Å²) in [7, 11) is 0. The second-order valence-corrected chi connectivity index (χ2v) is 6.67. The molecule has 2 N–H and O–H groups in total. The smallest absolute Gasteiger partial charge is 0.256 e. The van der Waals surface area contributed by atoms with Crippen molar-refractivity contribution in [2.24, 2.45) is 0 Å². The van der Waals surface area contributed by atoms with E-state index in [4.69, 9.17) is 0 Å². The van der Waals surface area contributed by atoms with Crippen LogP contribution in [0.5, 0.6) is 0 Å². The Labute approximate surface area is 140 Å². The second kappa shape index (κ2) is 6.24. The van der Waals surface area contributed by atoms with Crippen molar-refractivity contribution in [3.63, 3.8) is 0 Å². The summed E-state index contributed by atoms with van der Waals surface area (Å²) >= 11 is 0. The Morgan fingerprint density at radius 1 is 1.25 bits per heavy atom. The summed E-state index contributed by atoms with van der Waals surface area (Å²) in [4.78, 5) is 17.8. The van der Waals surface area contributed by atoms with Gasteiger partial charge in [-0.15, -0.1) is 0 Å². The first-order valence-corrected chi connectivity index (χ1v) is 8.57. The molecule has 2 aromatic heterocycles. The zero-order valence-corrected chi connectivity index (χ0v) is 13.9. The van der Waals surface area contributed by atoms with E-state index in [2.05, 4.69) is 32.2 Å².